The second-order valence-corrected chi connectivity index (χ2v) is 9.31. The molecular formula is C24H30N2O5. The lowest BCUT2D eigenvalue weighted by Gasteiger charge is -2.28. The first-order valence-corrected chi connectivity index (χ1v) is 11.3. The summed E-state index contributed by atoms with van der Waals surface area (Å²) in [6.45, 7) is 0. The number of aliphatic carboxylic acids is 1. The number of carbonyl (C=O) groups is 4. The van der Waals surface area contributed by atoms with E-state index in [9.17, 15) is 19.2 Å². The predicted octanol–water partition coefficient (Wildman–Crippen LogP) is 3.01. The summed E-state index contributed by atoms with van der Waals surface area (Å²) in [5, 5.41) is 11.4. The van der Waals surface area contributed by atoms with Gasteiger partial charge in [0.15, 0.2) is 0 Å². The van der Waals surface area contributed by atoms with Gasteiger partial charge in [0.2, 0.25) is 17.7 Å². The fourth-order valence-electron chi connectivity index (χ4n) is 5.67. The third-order valence-corrected chi connectivity index (χ3v) is 7.35. The maximum atomic E-state index is 13.1. The standard InChI is InChI=1S/C24H30N2O5/c1-26-22-16(10-9-14-5-7-15(8-6-14)13-20(28)29)3-2-4-17(22)21(24(26)31)18-11-12-19(27)25-23(18)30/h2-4,14-15,18,21H,5-13H2,1H3,(H,28,29)(H,25,27,30). The van der Waals surface area contributed by atoms with Crippen LogP contribution in [0.5, 0.6) is 0 Å². The molecule has 7 heteroatoms. The van der Waals surface area contributed by atoms with Crippen LogP contribution in [0.15, 0.2) is 18.2 Å². The first kappa shape index (κ1) is 21.5. The van der Waals surface area contributed by atoms with E-state index in [1.807, 2.05) is 12.1 Å². The number of nitrogens with one attached hydrogen (secondary N) is 1. The van der Waals surface area contributed by atoms with E-state index >= 15 is 0 Å². The van der Waals surface area contributed by atoms with Crippen LogP contribution >= 0.6 is 0 Å². The first-order valence-electron chi connectivity index (χ1n) is 11.3. The number of nitrogens with zero attached hydrogens (tertiary/aromatic N) is 1. The van der Waals surface area contributed by atoms with E-state index < -0.39 is 17.8 Å². The van der Waals surface area contributed by atoms with Crippen LogP contribution < -0.4 is 10.2 Å². The smallest absolute Gasteiger partial charge is 0.303 e. The van der Waals surface area contributed by atoms with Gasteiger partial charge in [-0.05, 0) is 55.1 Å². The number of hydrogen-bond donors (Lipinski definition) is 2. The summed E-state index contributed by atoms with van der Waals surface area (Å²) in [6.07, 6.45) is 6.87. The van der Waals surface area contributed by atoms with Gasteiger partial charge in [-0.1, -0.05) is 31.0 Å². The van der Waals surface area contributed by atoms with Crippen LogP contribution in [-0.4, -0.2) is 35.8 Å². The molecule has 2 N–H and O–H groups in total. The predicted molar refractivity (Wildman–Crippen MR) is 114 cm³/mol. The Labute approximate surface area is 182 Å². The molecule has 0 spiro atoms. The van der Waals surface area contributed by atoms with Gasteiger partial charge in [-0.15, -0.1) is 0 Å². The molecule has 1 aliphatic carbocycles. The van der Waals surface area contributed by atoms with Gasteiger partial charge in [0.05, 0.1) is 17.5 Å². The van der Waals surface area contributed by atoms with Crippen molar-refractivity contribution < 1.29 is 24.3 Å². The highest BCUT2D eigenvalue weighted by atomic mass is 16.4. The van der Waals surface area contributed by atoms with Gasteiger partial charge < -0.3 is 10.0 Å². The highest BCUT2D eigenvalue weighted by Gasteiger charge is 2.45. The van der Waals surface area contributed by atoms with E-state index in [0.29, 0.717) is 18.3 Å². The van der Waals surface area contributed by atoms with E-state index in [1.54, 1.807) is 11.9 Å². The molecule has 1 saturated heterocycles. The maximum Gasteiger partial charge on any atom is 0.303 e. The van der Waals surface area contributed by atoms with E-state index in [0.717, 1.165) is 55.3 Å². The van der Waals surface area contributed by atoms with Gasteiger partial charge in [-0.2, -0.15) is 0 Å². The summed E-state index contributed by atoms with van der Waals surface area (Å²) in [7, 11) is 1.77. The molecule has 1 aromatic rings. The average Bonchev–Trinajstić information content (AvgIpc) is 2.98. The van der Waals surface area contributed by atoms with E-state index in [1.165, 1.54) is 0 Å². The summed E-state index contributed by atoms with van der Waals surface area (Å²) in [4.78, 5) is 49.7. The molecular weight excluding hydrogens is 396 g/mol. The minimum absolute atomic E-state index is 0.0777. The number of piperidine rings is 1. The number of amides is 3. The number of imide groups is 1. The lowest BCUT2D eigenvalue weighted by atomic mass is 9.78. The molecule has 7 nitrogen and oxygen atoms in total. The number of likely N-dealkylation sites (N-methyl/N-ethyl adjacent to an activating group) is 1. The first-order chi connectivity index (χ1) is 14.8. The third-order valence-electron chi connectivity index (χ3n) is 7.35. The van der Waals surface area contributed by atoms with Crippen LogP contribution in [0.1, 0.15) is 68.4 Å². The molecule has 2 aliphatic heterocycles. The number of rotatable bonds is 6. The van der Waals surface area contributed by atoms with Crippen LogP contribution in [0, 0.1) is 17.8 Å². The van der Waals surface area contributed by atoms with Crippen molar-refractivity contribution in [2.45, 2.75) is 63.7 Å². The van der Waals surface area contributed by atoms with Crippen LogP contribution in [0.2, 0.25) is 0 Å². The monoisotopic (exact) mass is 426 g/mol. The minimum atomic E-state index is -0.707. The van der Waals surface area contributed by atoms with Crippen LogP contribution in [0.4, 0.5) is 5.69 Å². The molecule has 31 heavy (non-hydrogen) atoms. The fraction of sp³-hybridized carbons (Fsp3) is 0.583. The normalized spacial score (nSPS) is 28.4. The SMILES string of the molecule is CN1C(=O)C(C2CCC(=O)NC2=O)c2cccc(CCC3CCC(CC(=O)O)CC3)c21. The zero-order chi connectivity index (χ0) is 22.1. The Kier molecular flexibility index (Phi) is 6.12. The van der Waals surface area contributed by atoms with E-state index in [-0.39, 0.29) is 30.6 Å². The number of para-hydroxylation sites is 1. The number of carbonyl (C=O) groups excluding carboxylic acids is 3. The Bertz CT molecular complexity index is 903. The second-order valence-electron chi connectivity index (χ2n) is 9.31. The molecule has 1 aromatic carbocycles. The average molecular weight is 427 g/mol. The Hall–Kier alpha value is -2.70. The van der Waals surface area contributed by atoms with Crippen molar-refractivity contribution in [3.63, 3.8) is 0 Å². The fourth-order valence-corrected chi connectivity index (χ4v) is 5.67. The minimum Gasteiger partial charge on any atom is -0.481 e. The van der Waals surface area contributed by atoms with Crippen molar-refractivity contribution in [1.82, 2.24) is 5.32 Å². The van der Waals surface area contributed by atoms with Crippen molar-refractivity contribution in [3.8, 4) is 0 Å². The number of anilines is 1. The Morgan fingerprint density at radius 2 is 1.81 bits per heavy atom. The lowest BCUT2D eigenvalue weighted by molar-refractivity contribution is -0.139. The van der Waals surface area contributed by atoms with Crippen LogP contribution in [-0.2, 0) is 25.6 Å². The molecule has 2 heterocycles. The summed E-state index contributed by atoms with van der Waals surface area (Å²) in [5.74, 6) is -1.56. The molecule has 0 bridgehead atoms. The highest BCUT2D eigenvalue weighted by Crippen LogP contribution is 2.45. The summed E-state index contributed by atoms with van der Waals surface area (Å²) in [5.41, 5.74) is 2.93. The molecule has 2 fully saturated rings. The van der Waals surface area contributed by atoms with Crippen LogP contribution in [0.3, 0.4) is 0 Å². The van der Waals surface area contributed by atoms with E-state index in [4.69, 9.17) is 5.11 Å². The number of benzene rings is 1. The topological polar surface area (TPSA) is 104 Å². The molecule has 0 aromatic heterocycles. The van der Waals surface area contributed by atoms with Gasteiger partial charge in [0, 0.05) is 19.9 Å². The van der Waals surface area contributed by atoms with Crippen molar-refractivity contribution >= 4 is 29.4 Å². The van der Waals surface area contributed by atoms with Gasteiger partial charge >= 0.3 is 5.97 Å². The summed E-state index contributed by atoms with van der Waals surface area (Å²) < 4.78 is 0. The Balaban J connectivity index is 1.45. The molecule has 2 atom stereocenters. The lowest BCUT2D eigenvalue weighted by Crippen LogP contribution is -2.44. The van der Waals surface area contributed by atoms with Gasteiger partial charge in [-0.25, -0.2) is 0 Å². The third kappa shape index (κ3) is 4.36. The molecule has 3 aliphatic rings. The van der Waals surface area contributed by atoms with Gasteiger partial charge in [0.25, 0.3) is 0 Å². The van der Waals surface area contributed by atoms with Crippen LogP contribution in [0.25, 0.3) is 0 Å². The van der Waals surface area contributed by atoms with Crippen molar-refractivity contribution in [2.75, 3.05) is 11.9 Å². The zero-order valence-corrected chi connectivity index (χ0v) is 17.9. The number of carboxylic acid groups (broad SMARTS) is 1. The number of fused-ring (bicyclic) bond motifs is 1. The molecule has 1 saturated carbocycles. The molecule has 166 valence electrons. The zero-order valence-electron chi connectivity index (χ0n) is 17.9. The number of carboxylic acids is 1. The van der Waals surface area contributed by atoms with Gasteiger partial charge in [0.1, 0.15) is 0 Å². The summed E-state index contributed by atoms with van der Waals surface area (Å²) >= 11 is 0. The van der Waals surface area contributed by atoms with E-state index in [2.05, 4.69) is 11.4 Å². The second kappa shape index (κ2) is 8.81. The largest absolute Gasteiger partial charge is 0.481 e. The number of aryl methyl sites for hydroxylation is 1. The van der Waals surface area contributed by atoms with Crippen molar-refractivity contribution in [1.29, 1.82) is 0 Å². The highest BCUT2D eigenvalue weighted by molar-refractivity contribution is 6.09. The molecule has 3 amide bonds. The Morgan fingerprint density at radius 3 is 2.48 bits per heavy atom. The molecule has 0 radical (unpaired) electrons. The summed E-state index contributed by atoms with van der Waals surface area (Å²) in [6, 6.07) is 5.96. The quantitative estimate of drug-likeness (QED) is 0.681. The molecule has 4 rings (SSSR count). The maximum absolute atomic E-state index is 13.1. The number of hydrogen-bond acceptors (Lipinski definition) is 4. The Morgan fingerprint density at radius 1 is 1.10 bits per heavy atom. The van der Waals surface area contributed by atoms with Gasteiger partial charge in [-0.3, -0.25) is 24.5 Å². The van der Waals surface area contributed by atoms with Crippen molar-refractivity contribution in [3.05, 3.63) is 29.3 Å². The molecule has 2 unspecified atom stereocenters. The van der Waals surface area contributed by atoms with Crippen molar-refractivity contribution in [2.24, 2.45) is 17.8 Å².